The maximum Gasteiger partial charge on any atom is 0.182 e. The first-order chi connectivity index (χ1) is 7.36. The van der Waals surface area contributed by atoms with Crippen molar-refractivity contribution in [2.75, 3.05) is 0 Å². The number of H-pyrrole nitrogens is 1. The number of imidazole rings is 1. The molecule has 0 aliphatic heterocycles. The molecule has 0 fully saturated rings. The second kappa shape index (κ2) is 3.32. The highest BCUT2D eigenvalue weighted by Gasteiger charge is 2.06. The number of fused-ring (bicyclic) bond motifs is 1. The summed E-state index contributed by atoms with van der Waals surface area (Å²) in [4.78, 5) is 4.46. The van der Waals surface area contributed by atoms with Crippen molar-refractivity contribution in [1.82, 2.24) is 9.38 Å². The Labute approximate surface area is 95.8 Å². The van der Waals surface area contributed by atoms with Crippen molar-refractivity contribution in [3.63, 3.8) is 0 Å². The van der Waals surface area contributed by atoms with E-state index < -0.39 is 0 Å². The molecule has 4 heteroatoms. The molecule has 74 valence electrons. The molecule has 3 heterocycles. The van der Waals surface area contributed by atoms with Gasteiger partial charge in [-0.1, -0.05) is 12.1 Å². The molecule has 3 rings (SSSR count). The van der Waals surface area contributed by atoms with Gasteiger partial charge in [0.1, 0.15) is 0 Å². The van der Waals surface area contributed by atoms with E-state index in [0.717, 1.165) is 16.0 Å². The van der Waals surface area contributed by atoms with E-state index in [1.54, 1.807) is 11.3 Å². The zero-order chi connectivity index (χ0) is 10.3. The number of thiophene rings is 1. The SMILES string of the molecule is S=c1[nH]c(-c2cccs2)c2ccccn12. The van der Waals surface area contributed by atoms with Gasteiger partial charge in [0, 0.05) is 6.20 Å². The van der Waals surface area contributed by atoms with Crippen LogP contribution in [-0.4, -0.2) is 9.38 Å². The summed E-state index contributed by atoms with van der Waals surface area (Å²) in [6.45, 7) is 0. The van der Waals surface area contributed by atoms with Crippen LogP contribution in [0.5, 0.6) is 0 Å². The molecule has 1 N–H and O–H groups in total. The van der Waals surface area contributed by atoms with E-state index in [2.05, 4.69) is 22.5 Å². The Kier molecular flexibility index (Phi) is 1.97. The molecule has 2 nitrogen and oxygen atoms in total. The fourth-order valence-electron chi connectivity index (χ4n) is 1.66. The highest BCUT2D eigenvalue weighted by Crippen LogP contribution is 2.27. The van der Waals surface area contributed by atoms with Crippen molar-refractivity contribution in [1.29, 1.82) is 0 Å². The summed E-state index contributed by atoms with van der Waals surface area (Å²) in [5.74, 6) is 0. The lowest BCUT2D eigenvalue weighted by Gasteiger charge is -1.94. The third-order valence-electron chi connectivity index (χ3n) is 2.33. The number of hydrogen-bond donors (Lipinski definition) is 1. The van der Waals surface area contributed by atoms with E-state index in [-0.39, 0.29) is 0 Å². The average Bonchev–Trinajstić information content (AvgIpc) is 2.87. The van der Waals surface area contributed by atoms with Crippen molar-refractivity contribution in [3.05, 3.63) is 46.7 Å². The minimum atomic E-state index is 0.744. The number of hydrogen-bond acceptors (Lipinski definition) is 2. The van der Waals surface area contributed by atoms with Crippen LogP contribution in [0.15, 0.2) is 41.9 Å². The molecule has 0 atom stereocenters. The summed E-state index contributed by atoms with van der Waals surface area (Å²) < 4.78 is 2.73. The summed E-state index contributed by atoms with van der Waals surface area (Å²) in [5.41, 5.74) is 2.24. The van der Waals surface area contributed by atoms with Gasteiger partial charge >= 0.3 is 0 Å². The molecule has 0 aromatic carbocycles. The Bertz CT molecular complexity index is 647. The second-order valence-electron chi connectivity index (χ2n) is 3.24. The second-order valence-corrected chi connectivity index (χ2v) is 4.57. The molecule has 0 aliphatic carbocycles. The molecule has 3 aromatic rings. The Balaban J connectivity index is 2.42. The van der Waals surface area contributed by atoms with Gasteiger partial charge in [-0.05, 0) is 35.8 Å². The first-order valence-corrected chi connectivity index (χ1v) is 5.88. The lowest BCUT2D eigenvalue weighted by atomic mass is 10.3. The summed E-state index contributed by atoms with van der Waals surface area (Å²) in [6.07, 6.45) is 1.98. The van der Waals surface area contributed by atoms with E-state index in [0.29, 0.717) is 0 Å². The predicted molar refractivity (Wildman–Crippen MR) is 65.9 cm³/mol. The maximum absolute atomic E-state index is 5.26. The Hall–Kier alpha value is -1.39. The summed E-state index contributed by atoms with van der Waals surface area (Å²) >= 11 is 6.97. The van der Waals surface area contributed by atoms with E-state index >= 15 is 0 Å². The minimum Gasteiger partial charge on any atom is -0.329 e. The molecule has 0 saturated heterocycles. The van der Waals surface area contributed by atoms with E-state index in [1.165, 1.54) is 4.88 Å². The molecule has 0 aliphatic rings. The van der Waals surface area contributed by atoms with Gasteiger partial charge in [-0.3, -0.25) is 4.40 Å². The number of pyridine rings is 1. The maximum atomic E-state index is 5.26. The number of nitrogens with zero attached hydrogens (tertiary/aromatic N) is 1. The normalized spacial score (nSPS) is 10.9. The fourth-order valence-corrected chi connectivity index (χ4v) is 2.66. The van der Waals surface area contributed by atoms with Crippen molar-refractivity contribution >= 4 is 29.1 Å². The van der Waals surface area contributed by atoms with Crippen LogP contribution in [0, 0.1) is 4.77 Å². The van der Waals surface area contributed by atoms with E-state index in [1.807, 2.05) is 28.8 Å². The molecule has 0 radical (unpaired) electrons. The van der Waals surface area contributed by atoms with Crippen molar-refractivity contribution in [2.24, 2.45) is 0 Å². The standard InChI is InChI=1S/C11H8N2S2/c14-11-12-10(9-5-3-7-15-9)8-4-1-2-6-13(8)11/h1-7H,(H,12,14). The smallest absolute Gasteiger partial charge is 0.182 e. The van der Waals surface area contributed by atoms with Crippen LogP contribution in [0.1, 0.15) is 0 Å². The van der Waals surface area contributed by atoms with Gasteiger partial charge in [0.25, 0.3) is 0 Å². The van der Waals surface area contributed by atoms with Crippen molar-refractivity contribution in [2.45, 2.75) is 0 Å². The number of nitrogens with one attached hydrogen (secondary N) is 1. The van der Waals surface area contributed by atoms with Crippen molar-refractivity contribution in [3.8, 4) is 10.6 Å². The van der Waals surface area contributed by atoms with Crippen LogP contribution in [-0.2, 0) is 0 Å². The molecular weight excluding hydrogens is 224 g/mol. The summed E-state index contributed by atoms with van der Waals surface area (Å²) in [7, 11) is 0. The van der Waals surface area contributed by atoms with Gasteiger partial charge in [-0.2, -0.15) is 0 Å². The lowest BCUT2D eigenvalue weighted by Crippen LogP contribution is -1.80. The van der Waals surface area contributed by atoms with Gasteiger partial charge in [0.15, 0.2) is 4.77 Å². The van der Waals surface area contributed by atoms with E-state index in [4.69, 9.17) is 12.2 Å². The van der Waals surface area contributed by atoms with Gasteiger partial charge in [-0.15, -0.1) is 11.3 Å². The fraction of sp³-hybridized carbons (Fsp3) is 0. The van der Waals surface area contributed by atoms with E-state index in [9.17, 15) is 0 Å². The van der Waals surface area contributed by atoms with Crippen LogP contribution in [0.3, 0.4) is 0 Å². The zero-order valence-corrected chi connectivity index (χ0v) is 9.44. The molecule has 15 heavy (non-hydrogen) atoms. The molecular formula is C11H8N2S2. The van der Waals surface area contributed by atoms with Gasteiger partial charge in [-0.25, -0.2) is 0 Å². The zero-order valence-electron chi connectivity index (χ0n) is 7.81. The third-order valence-corrected chi connectivity index (χ3v) is 3.52. The average molecular weight is 232 g/mol. The highest BCUT2D eigenvalue weighted by atomic mass is 32.1. The Morgan fingerprint density at radius 3 is 2.93 bits per heavy atom. The summed E-state index contributed by atoms with van der Waals surface area (Å²) in [6, 6.07) is 10.2. The first kappa shape index (κ1) is 8.88. The molecule has 0 saturated carbocycles. The molecule has 3 aromatic heterocycles. The van der Waals surface area contributed by atoms with Crippen molar-refractivity contribution < 1.29 is 0 Å². The largest absolute Gasteiger partial charge is 0.329 e. The van der Waals surface area contributed by atoms with Crippen LogP contribution in [0.2, 0.25) is 0 Å². The lowest BCUT2D eigenvalue weighted by molar-refractivity contribution is 1.12. The Morgan fingerprint density at radius 2 is 2.13 bits per heavy atom. The van der Waals surface area contributed by atoms with Crippen LogP contribution in [0.4, 0.5) is 0 Å². The highest BCUT2D eigenvalue weighted by molar-refractivity contribution is 7.71. The Morgan fingerprint density at radius 1 is 1.20 bits per heavy atom. The molecule has 0 bridgehead atoms. The predicted octanol–water partition coefficient (Wildman–Crippen LogP) is 3.73. The number of aromatic amines is 1. The van der Waals surface area contributed by atoms with Gasteiger partial charge in [0.2, 0.25) is 0 Å². The monoisotopic (exact) mass is 232 g/mol. The van der Waals surface area contributed by atoms with Crippen LogP contribution >= 0.6 is 23.6 Å². The molecule has 0 unspecified atom stereocenters. The first-order valence-electron chi connectivity index (χ1n) is 4.59. The minimum absolute atomic E-state index is 0.744. The summed E-state index contributed by atoms with van der Waals surface area (Å²) in [5, 5.41) is 2.07. The van der Waals surface area contributed by atoms with Gasteiger partial charge in [0.05, 0.1) is 16.1 Å². The number of aromatic nitrogens is 2. The quantitative estimate of drug-likeness (QED) is 0.634. The van der Waals surface area contributed by atoms with Gasteiger partial charge < -0.3 is 4.98 Å². The molecule has 0 amide bonds. The van der Waals surface area contributed by atoms with Crippen LogP contribution in [0.25, 0.3) is 16.1 Å². The molecule has 0 spiro atoms. The number of rotatable bonds is 1. The topological polar surface area (TPSA) is 20.2 Å². The van der Waals surface area contributed by atoms with Crippen LogP contribution < -0.4 is 0 Å². The third kappa shape index (κ3) is 1.33.